The van der Waals surface area contributed by atoms with Crippen molar-refractivity contribution in [2.45, 2.75) is 58.9 Å². The van der Waals surface area contributed by atoms with Crippen LogP contribution in [0.3, 0.4) is 0 Å². The Bertz CT molecular complexity index is 447. The van der Waals surface area contributed by atoms with Crippen molar-refractivity contribution in [3.8, 4) is 5.75 Å². The minimum absolute atomic E-state index is 0.178. The molecule has 1 aliphatic rings. The first-order chi connectivity index (χ1) is 9.56. The molecule has 0 radical (unpaired) electrons. The maximum absolute atomic E-state index is 6.58. The summed E-state index contributed by atoms with van der Waals surface area (Å²) in [6, 6.07) is 4.53. The van der Waals surface area contributed by atoms with Gasteiger partial charge in [-0.25, -0.2) is 0 Å². The van der Waals surface area contributed by atoms with Gasteiger partial charge >= 0.3 is 0 Å². The smallest absolute Gasteiger partial charge is 0.122 e. The minimum atomic E-state index is 0.178. The molecule has 1 saturated carbocycles. The number of ether oxygens (including phenoxy) is 1. The number of benzene rings is 1. The van der Waals surface area contributed by atoms with E-state index >= 15 is 0 Å². The van der Waals surface area contributed by atoms with Gasteiger partial charge < -0.3 is 10.5 Å². The van der Waals surface area contributed by atoms with E-state index in [2.05, 4.69) is 32.9 Å². The van der Waals surface area contributed by atoms with E-state index in [1.165, 1.54) is 48.8 Å². The maximum Gasteiger partial charge on any atom is 0.122 e. The third-order valence-corrected chi connectivity index (χ3v) is 5.12. The molecule has 112 valence electrons. The zero-order valence-corrected chi connectivity index (χ0v) is 13.4. The summed E-state index contributed by atoms with van der Waals surface area (Å²) in [4.78, 5) is 0. The van der Waals surface area contributed by atoms with Crippen LogP contribution in [0.2, 0.25) is 0 Å². The van der Waals surface area contributed by atoms with Crippen LogP contribution in [0.1, 0.15) is 61.8 Å². The molecule has 0 aromatic heterocycles. The van der Waals surface area contributed by atoms with Crippen molar-refractivity contribution in [3.63, 3.8) is 0 Å². The van der Waals surface area contributed by atoms with Crippen molar-refractivity contribution in [1.29, 1.82) is 0 Å². The van der Waals surface area contributed by atoms with Gasteiger partial charge in [-0.05, 0) is 61.3 Å². The summed E-state index contributed by atoms with van der Waals surface area (Å²) < 4.78 is 5.39. The van der Waals surface area contributed by atoms with E-state index in [-0.39, 0.29) is 6.04 Å². The van der Waals surface area contributed by atoms with Crippen molar-refractivity contribution in [2.75, 3.05) is 7.11 Å². The third-order valence-electron chi connectivity index (χ3n) is 5.12. The van der Waals surface area contributed by atoms with E-state index in [9.17, 15) is 0 Å². The highest BCUT2D eigenvalue weighted by molar-refractivity contribution is 5.43. The second-order valence-corrected chi connectivity index (χ2v) is 6.39. The van der Waals surface area contributed by atoms with E-state index in [0.29, 0.717) is 5.92 Å². The second kappa shape index (κ2) is 6.62. The Morgan fingerprint density at radius 3 is 2.35 bits per heavy atom. The Morgan fingerprint density at radius 1 is 1.15 bits per heavy atom. The second-order valence-electron chi connectivity index (χ2n) is 6.39. The Labute approximate surface area is 123 Å². The fraction of sp³-hybridized carbons (Fsp3) is 0.667. The number of hydrogen-bond donors (Lipinski definition) is 1. The van der Waals surface area contributed by atoms with Crippen LogP contribution in [-0.4, -0.2) is 7.11 Å². The van der Waals surface area contributed by atoms with E-state index in [1.807, 2.05) is 0 Å². The van der Waals surface area contributed by atoms with E-state index < -0.39 is 0 Å². The van der Waals surface area contributed by atoms with Crippen molar-refractivity contribution < 1.29 is 4.74 Å². The summed E-state index contributed by atoms with van der Waals surface area (Å²) in [5.74, 6) is 2.54. The van der Waals surface area contributed by atoms with Crippen molar-refractivity contribution in [2.24, 2.45) is 17.6 Å². The molecular formula is C18H29NO. The molecule has 0 amide bonds. The number of nitrogens with two attached hydrogens (primary N) is 1. The topological polar surface area (TPSA) is 35.2 Å². The fourth-order valence-electron chi connectivity index (χ4n) is 3.60. The molecule has 2 nitrogen and oxygen atoms in total. The Hall–Kier alpha value is -1.02. The van der Waals surface area contributed by atoms with Gasteiger partial charge in [0.1, 0.15) is 5.75 Å². The molecule has 0 aliphatic heterocycles. The van der Waals surface area contributed by atoms with Crippen LogP contribution in [0, 0.1) is 25.7 Å². The lowest BCUT2D eigenvalue weighted by molar-refractivity contribution is 0.239. The molecule has 0 heterocycles. The highest BCUT2D eigenvalue weighted by Gasteiger charge is 2.26. The zero-order chi connectivity index (χ0) is 14.7. The average molecular weight is 275 g/mol. The van der Waals surface area contributed by atoms with Crippen LogP contribution in [0.4, 0.5) is 0 Å². The lowest BCUT2D eigenvalue weighted by Crippen LogP contribution is -2.26. The lowest BCUT2D eigenvalue weighted by atomic mass is 9.75. The van der Waals surface area contributed by atoms with Gasteiger partial charge in [-0.2, -0.15) is 0 Å². The lowest BCUT2D eigenvalue weighted by Gasteiger charge is -2.32. The normalized spacial score (nSPS) is 24.4. The largest absolute Gasteiger partial charge is 0.496 e. The van der Waals surface area contributed by atoms with Crippen molar-refractivity contribution >= 4 is 0 Å². The molecule has 0 saturated heterocycles. The molecular weight excluding hydrogens is 246 g/mol. The predicted molar refractivity (Wildman–Crippen MR) is 85.1 cm³/mol. The molecule has 2 heteroatoms. The maximum atomic E-state index is 6.58. The fourth-order valence-corrected chi connectivity index (χ4v) is 3.60. The monoisotopic (exact) mass is 275 g/mol. The Morgan fingerprint density at radius 2 is 1.80 bits per heavy atom. The van der Waals surface area contributed by atoms with Gasteiger partial charge in [0.05, 0.1) is 7.11 Å². The zero-order valence-electron chi connectivity index (χ0n) is 13.4. The van der Waals surface area contributed by atoms with E-state index in [1.54, 1.807) is 7.11 Å². The minimum Gasteiger partial charge on any atom is -0.496 e. The molecule has 1 atom stereocenters. The Kier molecular flexibility index (Phi) is 5.09. The standard InChI is InChI=1S/C18H29NO/c1-5-14-6-8-15(9-7-14)18(19)16-10-13(3)17(20-4)11-12(16)2/h10-11,14-15,18H,5-9,19H2,1-4H3. The quantitative estimate of drug-likeness (QED) is 0.876. The summed E-state index contributed by atoms with van der Waals surface area (Å²) in [6.07, 6.45) is 6.59. The van der Waals surface area contributed by atoms with Crippen molar-refractivity contribution in [3.05, 3.63) is 28.8 Å². The molecule has 0 bridgehead atoms. The molecule has 2 rings (SSSR count). The molecule has 1 aromatic carbocycles. The van der Waals surface area contributed by atoms with Gasteiger partial charge in [-0.15, -0.1) is 0 Å². The van der Waals surface area contributed by atoms with E-state index in [4.69, 9.17) is 10.5 Å². The third kappa shape index (κ3) is 3.17. The number of methoxy groups -OCH3 is 1. The predicted octanol–water partition coefficient (Wildman–Crippen LogP) is 4.53. The van der Waals surface area contributed by atoms with Gasteiger partial charge in [0, 0.05) is 6.04 Å². The van der Waals surface area contributed by atoms with Gasteiger partial charge in [0.15, 0.2) is 0 Å². The van der Waals surface area contributed by atoms with Gasteiger partial charge in [-0.1, -0.05) is 32.3 Å². The Balaban J connectivity index is 2.13. The van der Waals surface area contributed by atoms with Crippen LogP contribution in [0.25, 0.3) is 0 Å². The highest BCUT2D eigenvalue weighted by atomic mass is 16.5. The highest BCUT2D eigenvalue weighted by Crippen LogP contribution is 2.38. The summed E-state index contributed by atoms with van der Waals surface area (Å²) in [5.41, 5.74) is 10.3. The van der Waals surface area contributed by atoms with Crippen LogP contribution >= 0.6 is 0 Å². The van der Waals surface area contributed by atoms with Crippen LogP contribution in [0.5, 0.6) is 5.75 Å². The molecule has 1 unspecified atom stereocenters. The first-order valence-corrected chi connectivity index (χ1v) is 7.97. The van der Waals surface area contributed by atoms with Crippen molar-refractivity contribution in [1.82, 2.24) is 0 Å². The van der Waals surface area contributed by atoms with E-state index in [0.717, 1.165) is 11.7 Å². The molecule has 0 spiro atoms. The van der Waals surface area contributed by atoms with Crippen LogP contribution in [-0.2, 0) is 0 Å². The number of hydrogen-bond acceptors (Lipinski definition) is 2. The summed E-state index contributed by atoms with van der Waals surface area (Å²) in [6.45, 7) is 6.55. The number of rotatable bonds is 4. The molecule has 20 heavy (non-hydrogen) atoms. The summed E-state index contributed by atoms with van der Waals surface area (Å²) in [7, 11) is 1.73. The SMILES string of the molecule is CCC1CCC(C(N)c2cc(C)c(OC)cc2C)CC1. The van der Waals surface area contributed by atoms with Gasteiger partial charge in [0.25, 0.3) is 0 Å². The molecule has 1 fully saturated rings. The molecule has 1 aliphatic carbocycles. The summed E-state index contributed by atoms with van der Waals surface area (Å²) >= 11 is 0. The molecule has 1 aromatic rings. The van der Waals surface area contributed by atoms with Gasteiger partial charge in [0.2, 0.25) is 0 Å². The first-order valence-electron chi connectivity index (χ1n) is 7.97. The van der Waals surface area contributed by atoms with Crippen LogP contribution in [0.15, 0.2) is 12.1 Å². The average Bonchev–Trinajstić information content (AvgIpc) is 2.48. The number of aryl methyl sites for hydroxylation is 2. The van der Waals surface area contributed by atoms with Gasteiger partial charge in [-0.3, -0.25) is 0 Å². The molecule has 2 N–H and O–H groups in total. The van der Waals surface area contributed by atoms with Crippen LogP contribution < -0.4 is 10.5 Å². The first kappa shape index (κ1) is 15.4. The summed E-state index contributed by atoms with van der Waals surface area (Å²) in [5, 5.41) is 0.